The molecule has 0 aromatic carbocycles. The van der Waals surface area contributed by atoms with Crippen molar-refractivity contribution >= 4 is 18.0 Å². The Balaban J connectivity index is 1.87. The van der Waals surface area contributed by atoms with Crippen molar-refractivity contribution in [3.8, 4) is 0 Å². The molecule has 0 bridgehead atoms. The lowest BCUT2D eigenvalue weighted by Gasteiger charge is -2.29. The molecule has 1 saturated heterocycles. The predicted molar refractivity (Wildman–Crippen MR) is 64.7 cm³/mol. The minimum absolute atomic E-state index is 0.0788. The van der Waals surface area contributed by atoms with Crippen LogP contribution in [0.25, 0.3) is 0 Å². The lowest BCUT2D eigenvalue weighted by molar-refractivity contribution is -0.0420. The average Bonchev–Trinajstić information content (AvgIpc) is 2.91. The largest absolute Gasteiger partial charge is 0.387 e. The molecule has 1 unspecified atom stereocenters. The van der Waals surface area contributed by atoms with Crippen LogP contribution in [-0.4, -0.2) is 76.8 Å². The first-order chi connectivity index (χ1) is 9.49. The van der Waals surface area contributed by atoms with Crippen molar-refractivity contribution in [2.75, 3.05) is 13.3 Å². The number of amidine groups is 2. The zero-order valence-electron chi connectivity index (χ0n) is 10.2. The molecule has 0 spiro atoms. The minimum atomic E-state index is -2.40. The molecule has 8 nitrogen and oxygen atoms in total. The van der Waals surface area contributed by atoms with Crippen molar-refractivity contribution in [3.63, 3.8) is 0 Å². The van der Waals surface area contributed by atoms with Crippen molar-refractivity contribution in [3.05, 3.63) is 0 Å². The summed E-state index contributed by atoms with van der Waals surface area (Å²) >= 11 is 0. The van der Waals surface area contributed by atoms with Gasteiger partial charge in [-0.2, -0.15) is 4.39 Å². The molecule has 5 atom stereocenters. The fourth-order valence-corrected chi connectivity index (χ4v) is 2.35. The Kier molecular flexibility index (Phi) is 2.96. The number of halogens is 2. The van der Waals surface area contributed by atoms with Gasteiger partial charge in [0.2, 0.25) is 0 Å². The third-order valence-corrected chi connectivity index (χ3v) is 3.47. The zero-order valence-corrected chi connectivity index (χ0v) is 10.2. The van der Waals surface area contributed by atoms with E-state index >= 15 is 0 Å². The summed E-state index contributed by atoms with van der Waals surface area (Å²) < 4.78 is 32.4. The first kappa shape index (κ1) is 13.3. The van der Waals surface area contributed by atoms with E-state index in [1.807, 2.05) is 0 Å². The standard InChI is InChI=1S/C10H13F2N5O3/c11-1-4-5(18)6(19)7(20-4)17-3-16-10(12)8(13)14-2-15-9(10)17/h3-7,18-19H,1-2H2,(H2,13,14)/t4-,5-,6-,7-,10?/m1/s1. The second kappa shape index (κ2) is 4.43. The molecule has 4 N–H and O–H groups in total. The van der Waals surface area contributed by atoms with Crippen molar-refractivity contribution in [2.45, 2.75) is 30.3 Å². The van der Waals surface area contributed by atoms with E-state index in [0.29, 0.717) is 0 Å². The second-order valence-corrected chi connectivity index (χ2v) is 4.64. The van der Waals surface area contributed by atoms with Crippen LogP contribution in [0.15, 0.2) is 15.0 Å². The third kappa shape index (κ3) is 1.65. The Bertz CT molecular complexity index is 513. The van der Waals surface area contributed by atoms with Crippen LogP contribution in [0.3, 0.4) is 0 Å². The molecule has 10 heteroatoms. The van der Waals surface area contributed by atoms with Gasteiger partial charge < -0.3 is 20.7 Å². The van der Waals surface area contributed by atoms with Gasteiger partial charge in [-0.05, 0) is 0 Å². The summed E-state index contributed by atoms with van der Waals surface area (Å²) in [5.74, 6) is -2.95. The minimum Gasteiger partial charge on any atom is -0.387 e. The monoisotopic (exact) mass is 289 g/mol. The Morgan fingerprint density at radius 2 is 2.20 bits per heavy atom. The molecule has 20 heavy (non-hydrogen) atoms. The van der Waals surface area contributed by atoms with Crippen LogP contribution < -0.4 is 5.73 Å². The number of alkyl halides is 2. The molecule has 3 heterocycles. The zero-order chi connectivity index (χ0) is 14.5. The first-order valence-corrected chi connectivity index (χ1v) is 5.94. The molecule has 0 radical (unpaired) electrons. The van der Waals surface area contributed by atoms with Gasteiger partial charge in [0.05, 0.1) is 6.34 Å². The molecule has 0 aromatic heterocycles. The Morgan fingerprint density at radius 3 is 2.85 bits per heavy atom. The van der Waals surface area contributed by atoms with E-state index in [1.54, 1.807) is 0 Å². The highest BCUT2D eigenvalue weighted by atomic mass is 19.1. The van der Waals surface area contributed by atoms with Crippen LogP contribution in [0.4, 0.5) is 8.78 Å². The van der Waals surface area contributed by atoms with Gasteiger partial charge in [0.1, 0.15) is 31.7 Å². The van der Waals surface area contributed by atoms with Crippen LogP contribution >= 0.6 is 0 Å². The summed E-state index contributed by atoms with van der Waals surface area (Å²) in [4.78, 5) is 12.2. The van der Waals surface area contributed by atoms with E-state index in [-0.39, 0.29) is 18.3 Å². The number of fused-ring (bicyclic) bond motifs is 1. The lowest BCUT2D eigenvalue weighted by atomic mass is 10.1. The number of aliphatic imine (C=N–C) groups is 3. The van der Waals surface area contributed by atoms with Gasteiger partial charge in [-0.15, -0.1) is 0 Å². The van der Waals surface area contributed by atoms with Crippen LogP contribution in [0.1, 0.15) is 0 Å². The van der Waals surface area contributed by atoms with E-state index < -0.39 is 37.0 Å². The van der Waals surface area contributed by atoms with Gasteiger partial charge in [-0.1, -0.05) is 0 Å². The van der Waals surface area contributed by atoms with Crippen molar-refractivity contribution in [1.82, 2.24) is 4.90 Å². The number of hydrogen-bond donors (Lipinski definition) is 3. The summed E-state index contributed by atoms with van der Waals surface area (Å²) in [5.41, 5.74) is 5.47. The topological polar surface area (TPSA) is 116 Å². The number of ether oxygens (including phenoxy) is 1. The Hall–Kier alpha value is -1.65. The highest BCUT2D eigenvalue weighted by molar-refractivity contribution is 6.19. The molecule has 0 amide bonds. The molecule has 0 aliphatic carbocycles. The van der Waals surface area contributed by atoms with Crippen LogP contribution in [0, 0.1) is 0 Å². The summed E-state index contributed by atoms with van der Waals surface area (Å²) in [7, 11) is 0. The van der Waals surface area contributed by atoms with Crippen molar-refractivity contribution in [1.29, 1.82) is 0 Å². The number of aliphatic hydroxyl groups is 2. The smallest absolute Gasteiger partial charge is 0.316 e. The number of aliphatic hydroxyl groups excluding tert-OH is 2. The van der Waals surface area contributed by atoms with Gasteiger partial charge in [0, 0.05) is 0 Å². The molecule has 3 aliphatic heterocycles. The number of nitrogens with zero attached hydrogens (tertiary/aromatic N) is 4. The highest BCUT2D eigenvalue weighted by Crippen LogP contribution is 2.32. The molecule has 3 aliphatic rings. The summed E-state index contributed by atoms with van der Waals surface area (Å²) in [6.45, 7) is -1.05. The van der Waals surface area contributed by atoms with E-state index in [2.05, 4.69) is 15.0 Å². The molecular weight excluding hydrogens is 276 g/mol. The fraction of sp³-hybridized carbons (Fsp3) is 0.700. The fourth-order valence-electron chi connectivity index (χ4n) is 2.35. The van der Waals surface area contributed by atoms with E-state index in [4.69, 9.17) is 10.5 Å². The summed E-state index contributed by atoms with van der Waals surface area (Å²) in [6.07, 6.45) is -4.16. The van der Waals surface area contributed by atoms with Gasteiger partial charge in [-0.3, -0.25) is 4.90 Å². The van der Waals surface area contributed by atoms with Crippen molar-refractivity contribution in [2.24, 2.45) is 20.7 Å². The molecule has 0 saturated carbocycles. The Morgan fingerprint density at radius 1 is 1.45 bits per heavy atom. The van der Waals surface area contributed by atoms with Crippen molar-refractivity contribution < 1.29 is 23.7 Å². The summed E-state index contributed by atoms with van der Waals surface area (Å²) in [5, 5.41) is 19.5. The highest BCUT2D eigenvalue weighted by Gasteiger charge is 2.54. The van der Waals surface area contributed by atoms with Gasteiger partial charge >= 0.3 is 5.79 Å². The maximum atomic E-state index is 14.6. The quantitative estimate of drug-likeness (QED) is 0.515. The molecule has 1 fully saturated rings. The first-order valence-electron chi connectivity index (χ1n) is 5.94. The molecule has 3 rings (SSSR count). The second-order valence-electron chi connectivity index (χ2n) is 4.64. The van der Waals surface area contributed by atoms with Crippen LogP contribution in [0.2, 0.25) is 0 Å². The number of nitrogens with two attached hydrogens (primary N) is 1. The van der Waals surface area contributed by atoms with Gasteiger partial charge in [-0.25, -0.2) is 19.4 Å². The molecule has 0 aromatic rings. The van der Waals surface area contributed by atoms with Crippen LogP contribution in [-0.2, 0) is 4.74 Å². The normalized spacial score (nSPS) is 43.5. The maximum absolute atomic E-state index is 14.6. The number of rotatable bonds is 2. The average molecular weight is 289 g/mol. The van der Waals surface area contributed by atoms with Crippen LogP contribution in [0.5, 0.6) is 0 Å². The molecule has 110 valence electrons. The van der Waals surface area contributed by atoms with Gasteiger partial charge in [0.25, 0.3) is 0 Å². The van der Waals surface area contributed by atoms with E-state index in [0.717, 1.165) is 11.2 Å². The maximum Gasteiger partial charge on any atom is 0.316 e. The summed E-state index contributed by atoms with van der Waals surface area (Å²) in [6, 6.07) is 0. The van der Waals surface area contributed by atoms with E-state index in [9.17, 15) is 19.0 Å². The lowest BCUT2D eigenvalue weighted by Crippen LogP contribution is -2.54. The number of hydrogen-bond acceptors (Lipinski definition) is 8. The molecular formula is C10H13F2N5O3. The van der Waals surface area contributed by atoms with E-state index in [1.165, 1.54) is 0 Å². The predicted octanol–water partition coefficient (Wildman–Crippen LogP) is -1.86. The SMILES string of the molecule is NC1=NCN=C2N([C@@H]3O[C@H](CF)[C@@H](O)[C@H]3O)C=NC12F. The Labute approximate surface area is 112 Å². The third-order valence-electron chi connectivity index (χ3n) is 3.47. The van der Waals surface area contributed by atoms with Gasteiger partial charge in [0.15, 0.2) is 17.9 Å².